The first kappa shape index (κ1) is 16.9. The lowest BCUT2D eigenvalue weighted by Crippen LogP contribution is -2.39. The molecule has 0 bridgehead atoms. The van der Waals surface area contributed by atoms with Crippen molar-refractivity contribution in [2.75, 3.05) is 37.7 Å². The number of anilines is 2. The number of hydrogen-bond acceptors (Lipinski definition) is 4. The lowest BCUT2D eigenvalue weighted by atomic mass is 10.2. The van der Waals surface area contributed by atoms with Crippen LogP contribution < -0.4 is 16.4 Å². The first-order valence-corrected chi connectivity index (χ1v) is 6.72. The van der Waals surface area contributed by atoms with E-state index in [1.807, 2.05) is 6.92 Å². The van der Waals surface area contributed by atoms with Gasteiger partial charge in [0.05, 0.1) is 24.5 Å². The summed E-state index contributed by atoms with van der Waals surface area (Å²) in [5.74, 6) is -0.914. The summed E-state index contributed by atoms with van der Waals surface area (Å²) in [5, 5.41) is 5.31. The Bertz CT molecular complexity index is 508. The van der Waals surface area contributed by atoms with Crippen molar-refractivity contribution in [1.29, 1.82) is 0 Å². The highest BCUT2D eigenvalue weighted by atomic mass is 19.1. The molecule has 116 valence electrons. The Morgan fingerprint density at radius 2 is 1.95 bits per heavy atom. The minimum Gasteiger partial charge on any atom is -0.397 e. The number of nitrogen functional groups attached to an aromatic ring is 1. The Kier molecular flexibility index (Phi) is 6.61. The molecule has 0 aliphatic carbocycles. The number of carbonyl (C=O) groups is 2. The smallest absolute Gasteiger partial charge is 0.238 e. The molecule has 0 saturated carbocycles. The molecule has 1 aromatic carbocycles. The number of hydrogen-bond donors (Lipinski definition) is 3. The molecule has 0 saturated heterocycles. The number of halogens is 1. The second kappa shape index (κ2) is 8.21. The van der Waals surface area contributed by atoms with Gasteiger partial charge in [-0.05, 0) is 31.7 Å². The normalized spacial score (nSPS) is 10.5. The van der Waals surface area contributed by atoms with Gasteiger partial charge in [0.25, 0.3) is 0 Å². The molecular formula is C14H21FN4O2. The number of nitrogens with two attached hydrogens (primary N) is 1. The molecule has 0 radical (unpaired) electrons. The molecule has 0 spiro atoms. The lowest BCUT2D eigenvalue weighted by Gasteiger charge is -2.16. The zero-order chi connectivity index (χ0) is 15.8. The molecular weight excluding hydrogens is 275 g/mol. The number of likely N-dealkylation sites (N-methyl/N-ethyl adjacent to an activating group) is 1. The number of rotatable bonds is 7. The van der Waals surface area contributed by atoms with Gasteiger partial charge in [0.1, 0.15) is 5.82 Å². The summed E-state index contributed by atoms with van der Waals surface area (Å²) >= 11 is 0. The van der Waals surface area contributed by atoms with Gasteiger partial charge in [-0.2, -0.15) is 0 Å². The van der Waals surface area contributed by atoms with Gasteiger partial charge < -0.3 is 16.4 Å². The van der Waals surface area contributed by atoms with Gasteiger partial charge >= 0.3 is 0 Å². The van der Waals surface area contributed by atoms with Crippen LogP contribution in [0.15, 0.2) is 18.2 Å². The molecule has 7 heteroatoms. The average molecular weight is 296 g/mol. The predicted molar refractivity (Wildman–Crippen MR) is 80.2 cm³/mol. The minimum absolute atomic E-state index is 0.0381. The number of nitrogens with one attached hydrogen (secondary N) is 2. The SMILES string of the molecule is CCCNC(=O)CN(C)CC(=O)Nc1ccc(F)cc1N. The highest BCUT2D eigenvalue weighted by Crippen LogP contribution is 2.18. The standard InChI is InChI=1S/C14H21FN4O2/c1-3-6-17-13(20)8-19(2)9-14(21)18-12-5-4-10(15)7-11(12)16/h4-5,7H,3,6,8-9,16H2,1-2H3,(H,17,20)(H,18,21). The van der Waals surface area contributed by atoms with E-state index in [0.717, 1.165) is 12.5 Å². The van der Waals surface area contributed by atoms with E-state index < -0.39 is 5.82 Å². The monoisotopic (exact) mass is 296 g/mol. The number of benzene rings is 1. The molecule has 0 heterocycles. The molecule has 0 aliphatic heterocycles. The van der Waals surface area contributed by atoms with Gasteiger partial charge in [-0.1, -0.05) is 6.92 Å². The van der Waals surface area contributed by atoms with Crippen molar-refractivity contribution in [2.45, 2.75) is 13.3 Å². The maximum Gasteiger partial charge on any atom is 0.238 e. The fourth-order valence-corrected chi connectivity index (χ4v) is 1.70. The van der Waals surface area contributed by atoms with E-state index in [4.69, 9.17) is 5.73 Å². The molecule has 0 atom stereocenters. The molecule has 21 heavy (non-hydrogen) atoms. The molecule has 2 amide bonds. The first-order chi connectivity index (χ1) is 9.92. The molecule has 0 aliphatic rings. The van der Waals surface area contributed by atoms with Crippen LogP contribution in [-0.2, 0) is 9.59 Å². The van der Waals surface area contributed by atoms with Crippen LogP contribution in [0.2, 0.25) is 0 Å². The third-order valence-corrected chi connectivity index (χ3v) is 2.69. The molecule has 1 aromatic rings. The fourth-order valence-electron chi connectivity index (χ4n) is 1.70. The predicted octanol–water partition coefficient (Wildman–Crippen LogP) is 0.804. The molecule has 0 aromatic heterocycles. The molecule has 4 N–H and O–H groups in total. The Hall–Kier alpha value is -2.15. The number of nitrogens with zero attached hydrogens (tertiary/aromatic N) is 1. The second-order valence-corrected chi connectivity index (χ2v) is 4.80. The van der Waals surface area contributed by atoms with E-state index >= 15 is 0 Å². The molecule has 1 rings (SSSR count). The van der Waals surface area contributed by atoms with Crippen LogP contribution in [0.3, 0.4) is 0 Å². The lowest BCUT2D eigenvalue weighted by molar-refractivity contribution is -0.122. The Labute approximate surface area is 123 Å². The molecule has 6 nitrogen and oxygen atoms in total. The minimum atomic E-state index is -0.463. The van der Waals surface area contributed by atoms with Gasteiger partial charge in [0.15, 0.2) is 0 Å². The van der Waals surface area contributed by atoms with E-state index in [9.17, 15) is 14.0 Å². The van der Waals surface area contributed by atoms with Crippen molar-refractivity contribution in [3.63, 3.8) is 0 Å². The highest BCUT2D eigenvalue weighted by Gasteiger charge is 2.11. The first-order valence-electron chi connectivity index (χ1n) is 6.72. The van der Waals surface area contributed by atoms with Crippen molar-refractivity contribution in [2.24, 2.45) is 0 Å². The van der Waals surface area contributed by atoms with Gasteiger partial charge in [-0.15, -0.1) is 0 Å². The van der Waals surface area contributed by atoms with Crippen molar-refractivity contribution in [3.05, 3.63) is 24.0 Å². The van der Waals surface area contributed by atoms with Crippen LogP contribution >= 0.6 is 0 Å². The summed E-state index contributed by atoms with van der Waals surface area (Å²) < 4.78 is 12.9. The van der Waals surface area contributed by atoms with Crippen LogP contribution in [0.4, 0.5) is 15.8 Å². The Morgan fingerprint density at radius 1 is 1.29 bits per heavy atom. The zero-order valence-corrected chi connectivity index (χ0v) is 12.3. The van der Waals surface area contributed by atoms with Crippen molar-refractivity contribution < 1.29 is 14.0 Å². The maximum atomic E-state index is 12.9. The Morgan fingerprint density at radius 3 is 2.57 bits per heavy atom. The summed E-state index contributed by atoms with van der Waals surface area (Å²) in [6, 6.07) is 3.75. The van der Waals surface area contributed by atoms with E-state index in [-0.39, 0.29) is 30.6 Å². The summed E-state index contributed by atoms with van der Waals surface area (Å²) in [6.45, 7) is 2.75. The van der Waals surface area contributed by atoms with E-state index in [1.165, 1.54) is 12.1 Å². The molecule has 0 fully saturated rings. The van der Waals surface area contributed by atoms with Gasteiger partial charge in [-0.3, -0.25) is 14.5 Å². The average Bonchev–Trinajstić information content (AvgIpc) is 2.39. The fraction of sp³-hybridized carbons (Fsp3) is 0.429. The van der Waals surface area contributed by atoms with Crippen LogP contribution in [-0.4, -0.2) is 43.4 Å². The van der Waals surface area contributed by atoms with Crippen LogP contribution in [0.5, 0.6) is 0 Å². The third-order valence-electron chi connectivity index (χ3n) is 2.69. The van der Waals surface area contributed by atoms with E-state index in [1.54, 1.807) is 11.9 Å². The van der Waals surface area contributed by atoms with Crippen LogP contribution in [0.25, 0.3) is 0 Å². The van der Waals surface area contributed by atoms with Crippen molar-refractivity contribution in [1.82, 2.24) is 10.2 Å². The van der Waals surface area contributed by atoms with Crippen molar-refractivity contribution in [3.8, 4) is 0 Å². The van der Waals surface area contributed by atoms with Crippen LogP contribution in [0, 0.1) is 5.82 Å². The maximum absolute atomic E-state index is 12.9. The Balaban J connectivity index is 2.44. The summed E-state index contributed by atoms with van der Waals surface area (Å²) in [4.78, 5) is 24.9. The summed E-state index contributed by atoms with van der Waals surface area (Å²) in [6.07, 6.45) is 0.861. The molecule has 0 unspecified atom stereocenters. The number of carbonyl (C=O) groups excluding carboxylic acids is 2. The van der Waals surface area contributed by atoms with Gasteiger partial charge in [-0.25, -0.2) is 4.39 Å². The quantitative estimate of drug-likeness (QED) is 0.650. The summed E-state index contributed by atoms with van der Waals surface area (Å²) in [7, 11) is 1.67. The van der Waals surface area contributed by atoms with E-state index in [2.05, 4.69) is 10.6 Å². The van der Waals surface area contributed by atoms with E-state index in [0.29, 0.717) is 12.2 Å². The summed E-state index contributed by atoms with van der Waals surface area (Å²) in [5.41, 5.74) is 6.11. The van der Waals surface area contributed by atoms with Gasteiger partial charge in [0, 0.05) is 6.54 Å². The number of amides is 2. The third kappa shape index (κ3) is 6.22. The second-order valence-electron chi connectivity index (χ2n) is 4.80. The topological polar surface area (TPSA) is 87.5 Å². The van der Waals surface area contributed by atoms with Crippen molar-refractivity contribution >= 4 is 23.2 Å². The zero-order valence-electron chi connectivity index (χ0n) is 12.3. The highest BCUT2D eigenvalue weighted by molar-refractivity contribution is 5.95. The largest absolute Gasteiger partial charge is 0.397 e. The van der Waals surface area contributed by atoms with Crippen LogP contribution in [0.1, 0.15) is 13.3 Å². The van der Waals surface area contributed by atoms with Gasteiger partial charge in [0.2, 0.25) is 11.8 Å².